The van der Waals surface area contributed by atoms with E-state index in [0.717, 1.165) is 30.9 Å². The number of phenolic OH excluding ortho intramolecular Hbond substituents is 1. The molecule has 1 aliphatic rings. The number of methoxy groups -OCH3 is 1. The van der Waals surface area contributed by atoms with Crippen LogP contribution in [-0.4, -0.2) is 33.1 Å². The number of rotatable bonds is 4. The summed E-state index contributed by atoms with van der Waals surface area (Å²) in [6.45, 7) is 2.43. The van der Waals surface area contributed by atoms with Gasteiger partial charge in [-0.05, 0) is 54.7 Å². The first-order valence-electron chi connectivity index (χ1n) is 8.44. The maximum absolute atomic E-state index is 13.2. The second-order valence-corrected chi connectivity index (χ2v) is 8.03. The van der Waals surface area contributed by atoms with E-state index < -0.39 is 16.0 Å². The van der Waals surface area contributed by atoms with Gasteiger partial charge in [0.05, 0.1) is 17.7 Å². The van der Waals surface area contributed by atoms with Crippen LogP contribution in [-0.2, 0) is 27.6 Å². The summed E-state index contributed by atoms with van der Waals surface area (Å²) in [5, 5.41) is 9.82. The lowest BCUT2D eigenvalue weighted by atomic mass is 10.00. The monoisotopic (exact) mass is 375 g/mol. The summed E-state index contributed by atoms with van der Waals surface area (Å²) in [6, 6.07) is 9.48. The molecule has 0 spiro atoms. The zero-order chi connectivity index (χ0) is 18.9. The van der Waals surface area contributed by atoms with Crippen LogP contribution in [0.4, 0.5) is 5.69 Å². The van der Waals surface area contributed by atoms with Gasteiger partial charge in [0.15, 0.2) is 0 Å². The van der Waals surface area contributed by atoms with Crippen LogP contribution in [0.3, 0.4) is 0 Å². The summed E-state index contributed by atoms with van der Waals surface area (Å²) in [4.78, 5) is 11.7. The number of phenols is 1. The Labute approximate surface area is 153 Å². The van der Waals surface area contributed by atoms with E-state index in [1.165, 1.54) is 29.1 Å². The lowest BCUT2D eigenvalue weighted by Gasteiger charge is -2.31. The van der Waals surface area contributed by atoms with Crippen molar-refractivity contribution in [2.45, 2.75) is 31.1 Å². The molecule has 7 heteroatoms. The number of carbonyl (C=O) groups excluding carboxylic acids is 1. The molecule has 1 aliphatic heterocycles. The molecule has 0 bridgehead atoms. The number of benzene rings is 2. The van der Waals surface area contributed by atoms with Crippen molar-refractivity contribution in [3.8, 4) is 5.75 Å². The van der Waals surface area contributed by atoms with Crippen molar-refractivity contribution >= 4 is 21.7 Å². The number of aryl methyl sites for hydroxylation is 2. The Balaban J connectivity index is 2.07. The third-order valence-electron chi connectivity index (χ3n) is 4.59. The van der Waals surface area contributed by atoms with Crippen molar-refractivity contribution in [3.63, 3.8) is 0 Å². The molecule has 6 nitrogen and oxygen atoms in total. The van der Waals surface area contributed by atoms with Gasteiger partial charge in [-0.3, -0.25) is 4.31 Å². The van der Waals surface area contributed by atoms with Gasteiger partial charge in [0, 0.05) is 6.54 Å². The highest BCUT2D eigenvalue weighted by molar-refractivity contribution is 7.92. The molecule has 0 amide bonds. The summed E-state index contributed by atoms with van der Waals surface area (Å²) in [6.07, 6.45) is 2.44. The maximum Gasteiger partial charge on any atom is 0.341 e. The second-order valence-electron chi connectivity index (χ2n) is 6.17. The number of anilines is 1. The van der Waals surface area contributed by atoms with Gasteiger partial charge < -0.3 is 9.84 Å². The maximum atomic E-state index is 13.2. The molecule has 3 rings (SSSR count). The van der Waals surface area contributed by atoms with Gasteiger partial charge in [0.2, 0.25) is 0 Å². The molecule has 1 N–H and O–H groups in total. The van der Waals surface area contributed by atoms with Gasteiger partial charge in [-0.2, -0.15) is 0 Å². The fraction of sp³-hybridized carbons (Fsp3) is 0.316. The largest absolute Gasteiger partial charge is 0.507 e. The van der Waals surface area contributed by atoms with E-state index in [9.17, 15) is 18.3 Å². The Bertz CT molecular complexity index is 952. The second kappa shape index (κ2) is 6.99. The van der Waals surface area contributed by atoms with Crippen LogP contribution >= 0.6 is 0 Å². The van der Waals surface area contributed by atoms with Crippen molar-refractivity contribution in [2.24, 2.45) is 0 Å². The van der Waals surface area contributed by atoms with Gasteiger partial charge in [0.25, 0.3) is 10.0 Å². The van der Waals surface area contributed by atoms with Crippen LogP contribution in [0.15, 0.2) is 41.3 Å². The van der Waals surface area contributed by atoms with Crippen LogP contribution in [0, 0.1) is 0 Å². The summed E-state index contributed by atoms with van der Waals surface area (Å²) in [5.74, 6) is -1.10. The van der Waals surface area contributed by atoms with Gasteiger partial charge in [-0.1, -0.05) is 19.1 Å². The molecule has 138 valence electrons. The van der Waals surface area contributed by atoms with Crippen molar-refractivity contribution in [1.29, 1.82) is 0 Å². The molecule has 0 aliphatic carbocycles. The topological polar surface area (TPSA) is 83.9 Å². The summed E-state index contributed by atoms with van der Waals surface area (Å²) in [5.41, 5.74) is 2.67. The van der Waals surface area contributed by atoms with E-state index in [4.69, 9.17) is 0 Å². The molecule has 2 aromatic rings. The van der Waals surface area contributed by atoms with Crippen molar-refractivity contribution < 1.29 is 23.1 Å². The van der Waals surface area contributed by atoms with Crippen molar-refractivity contribution in [3.05, 3.63) is 53.1 Å². The number of fused-ring (bicyclic) bond motifs is 1. The average molecular weight is 375 g/mol. The van der Waals surface area contributed by atoms with E-state index in [0.29, 0.717) is 12.2 Å². The summed E-state index contributed by atoms with van der Waals surface area (Å²) in [7, 11) is -2.69. The molecule has 0 radical (unpaired) electrons. The molecule has 0 atom stereocenters. The molecule has 26 heavy (non-hydrogen) atoms. The molecule has 0 fully saturated rings. The number of nitrogens with zero attached hydrogens (tertiary/aromatic N) is 1. The lowest BCUT2D eigenvalue weighted by molar-refractivity contribution is 0.0597. The highest BCUT2D eigenvalue weighted by Gasteiger charge is 2.30. The molecule has 1 heterocycles. The number of ether oxygens (including phenoxy) is 1. The van der Waals surface area contributed by atoms with Gasteiger partial charge in [-0.25, -0.2) is 13.2 Å². The molecular weight excluding hydrogens is 354 g/mol. The number of aromatic hydroxyl groups is 1. The normalized spacial score (nSPS) is 14.0. The Hall–Kier alpha value is -2.54. The van der Waals surface area contributed by atoms with E-state index in [-0.39, 0.29) is 16.2 Å². The first-order chi connectivity index (χ1) is 12.4. The SMILES string of the molecule is CCc1ccc2c(c1)CCCN2S(=O)(=O)c1ccc(O)c(C(=O)OC)c1. The predicted molar refractivity (Wildman–Crippen MR) is 98.1 cm³/mol. The fourth-order valence-corrected chi connectivity index (χ4v) is 4.73. The zero-order valence-electron chi connectivity index (χ0n) is 14.7. The highest BCUT2D eigenvalue weighted by atomic mass is 32.2. The number of hydrogen-bond acceptors (Lipinski definition) is 5. The smallest absolute Gasteiger partial charge is 0.341 e. The summed E-state index contributed by atoms with van der Waals surface area (Å²) < 4.78 is 32.3. The van der Waals surface area contributed by atoms with E-state index in [1.54, 1.807) is 0 Å². The van der Waals surface area contributed by atoms with Gasteiger partial charge in [-0.15, -0.1) is 0 Å². The molecule has 2 aromatic carbocycles. The van der Waals surface area contributed by atoms with Crippen molar-refractivity contribution in [1.82, 2.24) is 0 Å². The van der Waals surface area contributed by atoms with E-state index >= 15 is 0 Å². The molecule has 0 unspecified atom stereocenters. The number of sulfonamides is 1. The third-order valence-corrected chi connectivity index (χ3v) is 6.40. The Kier molecular flexibility index (Phi) is 4.91. The Morgan fingerprint density at radius 1 is 1.23 bits per heavy atom. The zero-order valence-corrected chi connectivity index (χ0v) is 15.5. The summed E-state index contributed by atoms with van der Waals surface area (Å²) >= 11 is 0. The molecule has 0 aromatic heterocycles. The van der Waals surface area contributed by atoms with Crippen LogP contribution in [0.2, 0.25) is 0 Å². The minimum Gasteiger partial charge on any atom is -0.507 e. The van der Waals surface area contributed by atoms with Gasteiger partial charge >= 0.3 is 5.97 Å². The van der Waals surface area contributed by atoms with Crippen LogP contribution in [0.5, 0.6) is 5.75 Å². The molecule has 0 saturated heterocycles. The van der Waals surface area contributed by atoms with Crippen molar-refractivity contribution in [2.75, 3.05) is 18.0 Å². The average Bonchev–Trinajstić information content (AvgIpc) is 2.66. The Morgan fingerprint density at radius 3 is 2.69 bits per heavy atom. The minimum absolute atomic E-state index is 0.0527. The number of hydrogen-bond donors (Lipinski definition) is 1. The predicted octanol–water partition coefficient (Wildman–Crippen LogP) is 2.88. The molecular formula is C19H21NO5S. The quantitative estimate of drug-likeness (QED) is 0.831. The third kappa shape index (κ3) is 3.14. The first kappa shape index (κ1) is 18.3. The van der Waals surface area contributed by atoms with Crippen LogP contribution < -0.4 is 4.31 Å². The van der Waals surface area contributed by atoms with Gasteiger partial charge in [0.1, 0.15) is 11.3 Å². The first-order valence-corrected chi connectivity index (χ1v) is 9.88. The minimum atomic E-state index is -3.86. The van der Waals surface area contributed by atoms with Crippen LogP contribution in [0.25, 0.3) is 0 Å². The standard InChI is InChI=1S/C19H21NO5S/c1-3-13-6-8-17-14(11-13)5-4-10-20(17)26(23,24)15-7-9-18(21)16(12-15)19(22)25-2/h6-9,11-12,21H,3-5,10H2,1-2H3. The molecule has 0 saturated carbocycles. The number of esters is 1. The van der Waals surface area contributed by atoms with E-state index in [2.05, 4.69) is 11.7 Å². The Morgan fingerprint density at radius 2 is 2.00 bits per heavy atom. The van der Waals surface area contributed by atoms with E-state index in [1.807, 2.05) is 18.2 Å². The highest BCUT2D eigenvalue weighted by Crippen LogP contribution is 2.34. The lowest BCUT2D eigenvalue weighted by Crippen LogP contribution is -2.35. The fourth-order valence-electron chi connectivity index (χ4n) is 3.16. The number of carbonyl (C=O) groups is 1. The van der Waals surface area contributed by atoms with Crippen LogP contribution in [0.1, 0.15) is 34.8 Å².